The molecule has 2 rings (SSSR count). The van der Waals surface area contributed by atoms with Gasteiger partial charge in [-0.05, 0) is 24.3 Å². The fraction of sp³-hybridized carbons (Fsp3) is 0.0833. The van der Waals surface area contributed by atoms with Gasteiger partial charge in [0.05, 0.1) is 11.4 Å². The van der Waals surface area contributed by atoms with Crippen LogP contribution in [0, 0.1) is 0 Å². The Balaban J connectivity index is 2.44. The van der Waals surface area contributed by atoms with E-state index >= 15 is 0 Å². The average Bonchev–Trinajstić information content (AvgIpc) is 2.38. The third-order valence-electron chi connectivity index (χ3n) is 2.00. The zero-order chi connectivity index (χ0) is 11.2. The smallest absolute Gasteiger partial charge is 0.153 e. The predicted octanol–water partition coefficient (Wildman–Crippen LogP) is 1.88. The maximum absolute atomic E-state index is 4.82. The summed E-state index contributed by atoms with van der Waals surface area (Å²) in [6, 6.07) is 11.2. The monoisotopic (exact) mass is 213 g/mol. The molecule has 2 heterocycles. The fourth-order valence-electron chi connectivity index (χ4n) is 1.32. The van der Waals surface area contributed by atoms with Gasteiger partial charge in [-0.15, -0.1) is 0 Å². The van der Waals surface area contributed by atoms with Gasteiger partial charge >= 0.3 is 0 Å². The first kappa shape index (κ1) is 10.3. The van der Waals surface area contributed by atoms with Crippen molar-refractivity contribution in [2.24, 2.45) is 5.16 Å². The van der Waals surface area contributed by atoms with Gasteiger partial charge in [-0.3, -0.25) is 9.97 Å². The van der Waals surface area contributed by atoms with Crippen molar-refractivity contribution >= 4 is 5.71 Å². The molecule has 0 bridgehead atoms. The lowest BCUT2D eigenvalue weighted by molar-refractivity contribution is 0.213. The number of aromatic nitrogens is 2. The lowest BCUT2D eigenvalue weighted by Gasteiger charge is -2.03. The van der Waals surface area contributed by atoms with Crippen molar-refractivity contribution < 1.29 is 4.84 Å². The molecule has 2 aromatic heterocycles. The number of pyridine rings is 2. The molecule has 0 fully saturated rings. The molecule has 0 atom stereocenters. The van der Waals surface area contributed by atoms with Crippen LogP contribution in [0.25, 0.3) is 0 Å². The predicted molar refractivity (Wildman–Crippen MR) is 61.1 cm³/mol. The largest absolute Gasteiger partial charge is 0.399 e. The summed E-state index contributed by atoms with van der Waals surface area (Å²) in [5, 5.41) is 3.96. The van der Waals surface area contributed by atoms with Crippen LogP contribution in [-0.4, -0.2) is 22.8 Å². The Kier molecular flexibility index (Phi) is 3.23. The van der Waals surface area contributed by atoms with Crippen LogP contribution in [0.3, 0.4) is 0 Å². The van der Waals surface area contributed by atoms with Gasteiger partial charge in [-0.1, -0.05) is 17.3 Å². The molecule has 0 saturated carbocycles. The molecule has 0 aliphatic rings. The molecule has 0 saturated heterocycles. The highest BCUT2D eigenvalue weighted by atomic mass is 16.6. The van der Waals surface area contributed by atoms with Gasteiger partial charge in [-0.25, -0.2) is 0 Å². The van der Waals surface area contributed by atoms with E-state index in [1.54, 1.807) is 12.4 Å². The van der Waals surface area contributed by atoms with E-state index in [9.17, 15) is 0 Å². The summed E-state index contributed by atoms with van der Waals surface area (Å²) in [4.78, 5) is 13.3. The quantitative estimate of drug-likeness (QED) is 0.577. The highest BCUT2D eigenvalue weighted by Gasteiger charge is 2.09. The van der Waals surface area contributed by atoms with Crippen LogP contribution in [0.5, 0.6) is 0 Å². The van der Waals surface area contributed by atoms with E-state index in [-0.39, 0.29) is 0 Å². The van der Waals surface area contributed by atoms with E-state index in [0.717, 1.165) is 11.4 Å². The summed E-state index contributed by atoms with van der Waals surface area (Å²) in [6.45, 7) is 0. The molecule has 4 heteroatoms. The first-order valence-electron chi connectivity index (χ1n) is 4.86. The second-order valence-corrected chi connectivity index (χ2v) is 3.05. The third-order valence-corrected chi connectivity index (χ3v) is 2.00. The normalized spacial score (nSPS) is 9.56. The molecule has 4 nitrogen and oxygen atoms in total. The third kappa shape index (κ3) is 2.23. The van der Waals surface area contributed by atoms with Gasteiger partial charge in [-0.2, -0.15) is 0 Å². The lowest BCUT2D eigenvalue weighted by atomic mass is 10.1. The Bertz CT molecular complexity index is 427. The first-order chi connectivity index (χ1) is 7.92. The minimum Gasteiger partial charge on any atom is -0.399 e. The number of oxime groups is 1. The minimum atomic E-state index is 0.628. The topological polar surface area (TPSA) is 47.4 Å². The van der Waals surface area contributed by atoms with E-state index in [2.05, 4.69) is 15.1 Å². The van der Waals surface area contributed by atoms with Crippen LogP contribution in [0.1, 0.15) is 11.4 Å². The van der Waals surface area contributed by atoms with Crippen molar-refractivity contribution in [3.8, 4) is 0 Å². The summed E-state index contributed by atoms with van der Waals surface area (Å²) < 4.78 is 0. The molecule has 0 aliphatic heterocycles. The van der Waals surface area contributed by atoms with Crippen LogP contribution in [0.15, 0.2) is 53.9 Å². The van der Waals surface area contributed by atoms with E-state index in [1.165, 1.54) is 7.11 Å². The lowest BCUT2D eigenvalue weighted by Crippen LogP contribution is -2.07. The van der Waals surface area contributed by atoms with Crippen molar-refractivity contribution in [3.05, 3.63) is 60.2 Å². The van der Waals surface area contributed by atoms with E-state index in [0.29, 0.717) is 5.71 Å². The Morgan fingerprint density at radius 3 is 1.94 bits per heavy atom. The van der Waals surface area contributed by atoms with Crippen LogP contribution in [-0.2, 0) is 4.84 Å². The Morgan fingerprint density at radius 1 is 1.00 bits per heavy atom. The molecule has 0 radical (unpaired) electrons. The van der Waals surface area contributed by atoms with E-state index in [1.807, 2.05) is 36.4 Å². The SMILES string of the molecule is CON=C(c1ccccn1)c1ccccn1. The number of hydrogen-bond acceptors (Lipinski definition) is 4. The molecule has 0 aliphatic carbocycles. The standard InChI is InChI=1S/C12H11N3O/c1-16-15-12(10-6-2-4-8-13-10)11-7-3-5-9-14-11/h2-9H,1H3. The molecular formula is C12H11N3O. The van der Waals surface area contributed by atoms with Crippen molar-refractivity contribution in [2.45, 2.75) is 0 Å². The highest BCUT2D eigenvalue weighted by Crippen LogP contribution is 2.05. The van der Waals surface area contributed by atoms with Gasteiger partial charge in [0, 0.05) is 12.4 Å². The Morgan fingerprint density at radius 2 is 1.56 bits per heavy atom. The first-order valence-corrected chi connectivity index (χ1v) is 4.86. The fourth-order valence-corrected chi connectivity index (χ4v) is 1.32. The minimum absolute atomic E-state index is 0.628. The molecule has 0 spiro atoms. The Hall–Kier alpha value is -2.23. The van der Waals surface area contributed by atoms with Gasteiger partial charge in [0.25, 0.3) is 0 Å². The Labute approximate surface area is 93.6 Å². The average molecular weight is 213 g/mol. The molecule has 0 unspecified atom stereocenters. The van der Waals surface area contributed by atoms with Gasteiger partial charge in [0.1, 0.15) is 7.11 Å². The van der Waals surface area contributed by atoms with Crippen molar-refractivity contribution in [2.75, 3.05) is 7.11 Å². The van der Waals surface area contributed by atoms with Crippen molar-refractivity contribution in [3.63, 3.8) is 0 Å². The second-order valence-electron chi connectivity index (χ2n) is 3.05. The van der Waals surface area contributed by atoms with Crippen molar-refractivity contribution in [1.29, 1.82) is 0 Å². The molecule has 0 N–H and O–H groups in total. The zero-order valence-electron chi connectivity index (χ0n) is 8.87. The molecule has 0 amide bonds. The number of hydrogen-bond donors (Lipinski definition) is 0. The van der Waals surface area contributed by atoms with Gasteiger partial charge in [0.2, 0.25) is 0 Å². The summed E-state index contributed by atoms with van der Waals surface area (Å²) in [5.74, 6) is 0. The van der Waals surface area contributed by atoms with Crippen LogP contribution in [0.4, 0.5) is 0 Å². The molecule has 16 heavy (non-hydrogen) atoms. The number of rotatable bonds is 3. The van der Waals surface area contributed by atoms with E-state index < -0.39 is 0 Å². The molecule has 80 valence electrons. The molecular weight excluding hydrogens is 202 g/mol. The summed E-state index contributed by atoms with van der Waals surface area (Å²) >= 11 is 0. The highest BCUT2D eigenvalue weighted by molar-refractivity contribution is 6.10. The summed E-state index contributed by atoms with van der Waals surface area (Å²) in [7, 11) is 1.51. The summed E-state index contributed by atoms with van der Waals surface area (Å²) in [6.07, 6.45) is 3.42. The molecule has 2 aromatic rings. The van der Waals surface area contributed by atoms with Crippen LogP contribution in [0.2, 0.25) is 0 Å². The second kappa shape index (κ2) is 5.02. The van der Waals surface area contributed by atoms with E-state index in [4.69, 9.17) is 4.84 Å². The zero-order valence-corrected chi connectivity index (χ0v) is 8.87. The maximum atomic E-state index is 4.82. The van der Waals surface area contributed by atoms with Gasteiger partial charge < -0.3 is 4.84 Å². The number of nitrogens with zero attached hydrogens (tertiary/aromatic N) is 3. The maximum Gasteiger partial charge on any atom is 0.153 e. The molecule has 0 aromatic carbocycles. The van der Waals surface area contributed by atoms with Crippen molar-refractivity contribution in [1.82, 2.24) is 9.97 Å². The van der Waals surface area contributed by atoms with Crippen LogP contribution >= 0.6 is 0 Å². The van der Waals surface area contributed by atoms with Gasteiger partial charge in [0.15, 0.2) is 5.71 Å². The van der Waals surface area contributed by atoms with Crippen LogP contribution < -0.4 is 0 Å². The summed E-state index contributed by atoms with van der Waals surface area (Å²) in [5.41, 5.74) is 2.11.